The predicted octanol–water partition coefficient (Wildman–Crippen LogP) is 2.35. The van der Waals surface area contributed by atoms with Gasteiger partial charge in [0.1, 0.15) is 5.82 Å². The molecule has 8 heteroatoms. The third kappa shape index (κ3) is 4.00. The highest BCUT2D eigenvalue weighted by molar-refractivity contribution is 5.77. The van der Waals surface area contributed by atoms with Gasteiger partial charge in [0.25, 0.3) is 0 Å². The average Bonchev–Trinajstić information content (AvgIpc) is 3.29. The van der Waals surface area contributed by atoms with Crippen LogP contribution < -0.4 is 4.90 Å². The van der Waals surface area contributed by atoms with E-state index in [-0.39, 0.29) is 17.9 Å². The lowest BCUT2D eigenvalue weighted by atomic mass is 10.1. The van der Waals surface area contributed by atoms with Crippen LogP contribution in [-0.4, -0.2) is 51.6 Å². The van der Waals surface area contributed by atoms with Crippen LogP contribution in [0.4, 0.5) is 5.82 Å². The van der Waals surface area contributed by atoms with E-state index in [9.17, 15) is 4.79 Å². The normalized spacial score (nSPS) is 17.1. The van der Waals surface area contributed by atoms with E-state index in [0.717, 1.165) is 30.9 Å². The molecule has 1 amide bonds. The second-order valence-corrected chi connectivity index (χ2v) is 7.13. The number of carbonyl (C=O) groups excluding carboxylic acids is 1. The molecule has 1 unspecified atom stereocenters. The van der Waals surface area contributed by atoms with Gasteiger partial charge in [-0.25, -0.2) is 4.98 Å². The molecule has 0 bridgehead atoms. The molecule has 140 valence electrons. The number of anilines is 1. The minimum atomic E-state index is -0.0104. The van der Waals surface area contributed by atoms with E-state index in [2.05, 4.69) is 20.2 Å². The maximum atomic E-state index is 12.7. The van der Waals surface area contributed by atoms with E-state index in [4.69, 9.17) is 4.42 Å². The molecule has 0 radical (unpaired) electrons. The van der Waals surface area contributed by atoms with Crippen LogP contribution >= 0.6 is 0 Å². The molecular formula is C18H26N6O2. The molecule has 0 spiro atoms. The van der Waals surface area contributed by atoms with Gasteiger partial charge < -0.3 is 14.2 Å². The zero-order valence-corrected chi connectivity index (χ0v) is 15.8. The predicted molar refractivity (Wildman–Crippen MR) is 96.8 cm³/mol. The van der Waals surface area contributed by atoms with Gasteiger partial charge in [-0.3, -0.25) is 9.78 Å². The van der Waals surface area contributed by atoms with Crippen LogP contribution in [0.1, 0.15) is 62.5 Å². The van der Waals surface area contributed by atoms with Crippen LogP contribution in [0, 0.1) is 0 Å². The van der Waals surface area contributed by atoms with Crippen LogP contribution in [-0.2, 0) is 11.2 Å². The maximum absolute atomic E-state index is 12.7. The number of hydrogen-bond acceptors (Lipinski definition) is 7. The Kier molecular flexibility index (Phi) is 5.49. The summed E-state index contributed by atoms with van der Waals surface area (Å²) in [6.07, 6.45) is 6.20. The lowest BCUT2D eigenvalue weighted by molar-refractivity contribution is -0.132. The van der Waals surface area contributed by atoms with Gasteiger partial charge in [-0.15, -0.1) is 10.2 Å². The van der Waals surface area contributed by atoms with Gasteiger partial charge in [-0.1, -0.05) is 13.8 Å². The Morgan fingerprint density at radius 3 is 2.85 bits per heavy atom. The molecule has 0 saturated carbocycles. The number of carbonyl (C=O) groups is 1. The van der Waals surface area contributed by atoms with Crippen LogP contribution in [0.25, 0.3) is 0 Å². The van der Waals surface area contributed by atoms with Gasteiger partial charge >= 0.3 is 0 Å². The summed E-state index contributed by atoms with van der Waals surface area (Å²) in [5.74, 6) is 2.22. The average molecular weight is 358 g/mol. The second kappa shape index (κ2) is 7.80. The molecule has 1 saturated heterocycles. The van der Waals surface area contributed by atoms with E-state index in [1.165, 1.54) is 0 Å². The molecular weight excluding hydrogens is 332 g/mol. The fourth-order valence-corrected chi connectivity index (χ4v) is 3.08. The van der Waals surface area contributed by atoms with Crippen molar-refractivity contribution in [2.45, 2.75) is 51.5 Å². The standard InChI is InChI=1S/C18H26N6O2/c1-12(2)18-22-21-16(26-18)7-8-17(25)24-9-5-6-14(24)13-10-19-11-15(20-13)23(3)4/h10-12,14H,5-9H2,1-4H3. The van der Waals surface area contributed by atoms with Crippen molar-refractivity contribution in [3.63, 3.8) is 0 Å². The first-order valence-corrected chi connectivity index (χ1v) is 9.06. The number of nitrogens with zero attached hydrogens (tertiary/aromatic N) is 6. The van der Waals surface area contributed by atoms with Crippen LogP contribution in [0.3, 0.4) is 0 Å². The smallest absolute Gasteiger partial charge is 0.223 e. The molecule has 2 aromatic heterocycles. The fraction of sp³-hybridized carbons (Fsp3) is 0.611. The van der Waals surface area contributed by atoms with Gasteiger partial charge in [0.2, 0.25) is 17.7 Å². The lowest BCUT2D eigenvalue weighted by Crippen LogP contribution is -2.31. The zero-order chi connectivity index (χ0) is 18.7. The van der Waals surface area contributed by atoms with Crippen molar-refractivity contribution in [3.8, 4) is 0 Å². The van der Waals surface area contributed by atoms with Gasteiger partial charge in [-0.2, -0.15) is 0 Å². The zero-order valence-electron chi connectivity index (χ0n) is 15.8. The van der Waals surface area contributed by atoms with Crippen molar-refractivity contribution in [1.29, 1.82) is 0 Å². The molecule has 2 aromatic rings. The number of aromatic nitrogens is 4. The Labute approximate surface area is 153 Å². The van der Waals surface area contributed by atoms with Crippen LogP contribution in [0.2, 0.25) is 0 Å². The Morgan fingerprint density at radius 1 is 1.35 bits per heavy atom. The molecule has 1 atom stereocenters. The number of amides is 1. The van der Waals surface area contributed by atoms with Crippen molar-refractivity contribution < 1.29 is 9.21 Å². The van der Waals surface area contributed by atoms with Crippen molar-refractivity contribution >= 4 is 11.7 Å². The van der Waals surface area contributed by atoms with Crippen LogP contribution in [0.15, 0.2) is 16.8 Å². The second-order valence-electron chi connectivity index (χ2n) is 7.13. The summed E-state index contributed by atoms with van der Waals surface area (Å²) in [5, 5.41) is 8.04. The van der Waals surface area contributed by atoms with Crippen molar-refractivity contribution in [2.24, 2.45) is 0 Å². The molecule has 0 N–H and O–H groups in total. The quantitative estimate of drug-likeness (QED) is 0.783. The van der Waals surface area contributed by atoms with Crippen molar-refractivity contribution in [2.75, 3.05) is 25.5 Å². The van der Waals surface area contributed by atoms with E-state index in [1.807, 2.05) is 37.7 Å². The van der Waals surface area contributed by atoms with Gasteiger partial charge in [0, 0.05) is 39.4 Å². The highest BCUT2D eigenvalue weighted by atomic mass is 16.4. The molecule has 0 aromatic carbocycles. The molecule has 1 aliphatic heterocycles. The molecule has 1 aliphatic rings. The Morgan fingerprint density at radius 2 is 2.15 bits per heavy atom. The fourth-order valence-electron chi connectivity index (χ4n) is 3.08. The molecule has 8 nitrogen and oxygen atoms in total. The number of aryl methyl sites for hydroxylation is 1. The SMILES string of the molecule is CC(C)c1nnc(CCC(=O)N2CCCC2c2cncc(N(C)C)n2)o1. The van der Waals surface area contributed by atoms with E-state index in [1.54, 1.807) is 12.4 Å². The van der Waals surface area contributed by atoms with Gasteiger partial charge in [0.05, 0.1) is 24.1 Å². The molecule has 3 rings (SSSR count). The van der Waals surface area contributed by atoms with Crippen molar-refractivity contribution in [3.05, 3.63) is 29.9 Å². The first-order valence-electron chi connectivity index (χ1n) is 9.06. The topological polar surface area (TPSA) is 88.3 Å². The summed E-state index contributed by atoms with van der Waals surface area (Å²) in [7, 11) is 3.86. The first-order chi connectivity index (χ1) is 12.5. The highest BCUT2D eigenvalue weighted by Crippen LogP contribution is 2.31. The summed E-state index contributed by atoms with van der Waals surface area (Å²) >= 11 is 0. The summed E-state index contributed by atoms with van der Waals surface area (Å²) in [5.41, 5.74) is 0.849. The van der Waals surface area contributed by atoms with E-state index >= 15 is 0 Å². The molecule has 1 fully saturated rings. The Hall–Kier alpha value is -2.51. The third-order valence-corrected chi connectivity index (χ3v) is 4.54. The monoisotopic (exact) mass is 358 g/mol. The molecule has 26 heavy (non-hydrogen) atoms. The van der Waals surface area contributed by atoms with Gasteiger partial charge in [0.15, 0.2) is 0 Å². The Bertz CT molecular complexity index is 758. The summed E-state index contributed by atoms with van der Waals surface area (Å²) in [6, 6.07) is -0.0104. The lowest BCUT2D eigenvalue weighted by Gasteiger charge is -2.24. The van der Waals surface area contributed by atoms with E-state index in [0.29, 0.717) is 24.6 Å². The minimum Gasteiger partial charge on any atom is -0.425 e. The van der Waals surface area contributed by atoms with Crippen LogP contribution in [0.5, 0.6) is 0 Å². The number of hydrogen-bond donors (Lipinski definition) is 0. The third-order valence-electron chi connectivity index (χ3n) is 4.54. The largest absolute Gasteiger partial charge is 0.425 e. The summed E-state index contributed by atoms with van der Waals surface area (Å²) < 4.78 is 5.59. The molecule has 3 heterocycles. The number of likely N-dealkylation sites (tertiary alicyclic amines) is 1. The van der Waals surface area contributed by atoms with Crippen molar-refractivity contribution in [1.82, 2.24) is 25.1 Å². The van der Waals surface area contributed by atoms with Gasteiger partial charge in [-0.05, 0) is 12.8 Å². The molecule has 0 aliphatic carbocycles. The van der Waals surface area contributed by atoms with E-state index < -0.39 is 0 Å². The summed E-state index contributed by atoms with van der Waals surface area (Å²) in [6.45, 7) is 4.75. The maximum Gasteiger partial charge on any atom is 0.223 e. The summed E-state index contributed by atoms with van der Waals surface area (Å²) in [4.78, 5) is 25.5. The Balaban J connectivity index is 1.65. The number of rotatable bonds is 6. The highest BCUT2D eigenvalue weighted by Gasteiger charge is 2.31. The minimum absolute atomic E-state index is 0.0104. The first kappa shape index (κ1) is 18.3.